The highest BCUT2D eigenvalue weighted by Gasteiger charge is 2.34. The predicted octanol–water partition coefficient (Wildman–Crippen LogP) is 4.73. The highest BCUT2D eigenvalue weighted by Crippen LogP contribution is 2.36. The maximum absolute atomic E-state index is 13.0. The first-order chi connectivity index (χ1) is 17.5. The van der Waals surface area contributed by atoms with E-state index in [1.807, 2.05) is 31.2 Å². The smallest absolute Gasteiger partial charge is 0.282 e. The SMILES string of the molecule is C=CCc1cc(/C=C2/C(=O)NN(c3ccccc3)C2=O)cc(OCC)c1OCc1ccccc1C#N. The standard InChI is InChI=1S/C29H25N3O4/c1-3-10-21-15-20(16-25-28(33)31-32(29(25)34)24-13-6-5-7-14-24)17-26(35-4-2)27(21)36-19-23-12-9-8-11-22(23)18-30/h3,5-9,11-17H,1,4,10,19H2,2H3,(H,31,33)/b25-16-. The van der Waals surface area contributed by atoms with Crippen LogP contribution in [0.5, 0.6) is 11.5 Å². The Balaban J connectivity index is 1.69. The van der Waals surface area contributed by atoms with Crippen LogP contribution in [0.25, 0.3) is 6.08 Å². The maximum atomic E-state index is 13.0. The van der Waals surface area contributed by atoms with E-state index in [0.29, 0.717) is 41.3 Å². The molecule has 3 aromatic carbocycles. The Hall–Kier alpha value is -4.83. The molecule has 0 saturated carbocycles. The van der Waals surface area contributed by atoms with Crippen LogP contribution in [0.15, 0.2) is 85.0 Å². The number of hydrogen-bond acceptors (Lipinski definition) is 5. The zero-order valence-corrected chi connectivity index (χ0v) is 19.9. The lowest BCUT2D eigenvalue weighted by Crippen LogP contribution is -2.35. The molecule has 1 heterocycles. The van der Waals surface area contributed by atoms with E-state index in [9.17, 15) is 14.9 Å². The third kappa shape index (κ3) is 5.13. The van der Waals surface area contributed by atoms with Crippen LogP contribution in [0.3, 0.4) is 0 Å². The predicted molar refractivity (Wildman–Crippen MR) is 137 cm³/mol. The second-order valence-electron chi connectivity index (χ2n) is 7.97. The number of benzene rings is 3. The van der Waals surface area contributed by atoms with E-state index in [-0.39, 0.29) is 12.2 Å². The summed E-state index contributed by atoms with van der Waals surface area (Å²) in [5, 5.41) is 10.6. The van der Waals surface area contributed by atoms with Crippen LogP contribution in [0.2, 0.25) is 0 Å². The van der Waals surface area contributed by atoms with E-state index in [1.54, 1.807) is 54.6 Å². The molecule has 3 aromatic rings. The lowest BCUT2D eigenvalue weighted by molar-refractivity contribution is -0.117. The number of nitriles is 1. The number of carbonyl (C=O) groups is 2. The molecule has 0 bridgehead atoms. The molecule has 1 fully saturated rings. The van der Waals surface area contributed by atoms with Gasteiger partial charge in [-0.1, -0.05) is 42.5 Å². The Labute approximate surface area is 209 Å². The van der Waals surface area contributed by atoms with Gasteiger partial charge < -0.3 is 9.47 Å². The number of ether oxygens (including phenoxy) is 2. The second-order valence-corrected chi connectivity index (χ2v) is 7.97. The number of nitrogens with one attached hydrogen (secondary N) is 1. The van der Waals surface area contributed by atoms with E-state index < -0.39 is 11.8 Å². The number of hydrogen-bond donors (Lipinski definition) is 1. The number of para-hydroxylation sites is 1. The third-order valence-corrected chi connectivity index (χ3v) is 5.54. The van der Waals surface area contributed by atoms with Crippen LogP contribution >= 0.6 is 0 Å². The van der Waals surface area contributed by atoms with E-state index >= 15 is 0 Å². The number of amides is 2. The summed E-state index contributed by atoms with van der Waals surface area (Å²) in [5.74, 6) is 0.0760. The summed E-state index contributed by atoms with van der Waals surface area (Å²) in [6, 6.07) is 21.9. The van der Waals surface area contributed by atoms with Gasteiger partial charge >= 0.3 is 0 Å². The van der Waals surface area contributed by atoms with E-state index in [4.69, 9.17) is 9.47 Å². The van der Waals surface area contributed by atoms with Crippen molar-refractivity contribution < 1.29 is 19.1 Å². The van der Waals surface area contributed by atoms with Gasteiger partial charge in [-0.3, -0.25) is 15.0 Å². The van der Waals surface area contributed by atoms with Crippen molar-refractivity contribution in [1.82, 2.24) is 5.43 Å². The van der Waals surface area contributed by atoms with Gasteiger partial charge in [0.1, 0.15) is 12.2 Å². The summed E-state index contributed by atoms with van der Waals surface area (Å²) in [7, 11) is 0. The van der Waals surface area contributed by atoms with E-state index in [1.165, 1.54) is 5.01 Å². The molecule has 0 aromatic heterocycles. The quantitative estimate of drug-likeness (QED) is 0.272. The van der Waals surface area contributed by atoms with Crippen LogP contribution in [-0.2, 0) is 22.6 Å². The van der Waals surface area contributed by atoms with Gasteiger partial charge in [0.2, 0.25) is 0 Å². The van der Waals surface area contributed by atoms with Crippen molar-refractivity contribution in [3.05, 3.63) is 107 Å². The highest BCUT2D eigenvalue weighted by molar-refractivity contribution is 6.31. The molecule has 36 heavy (non-hydrogen) atoms. The number of rotatable bonds is 9. The first kappa shape index (κ1) is 24.3. The van der Waals surface area contributed by atoms with Gasteiger partial charge in [-0.2, -0.15) is 5.26 Å². The first-order valence-electron chi connectivity index (χ1n) is 11.5. The van der Waals surface area contributed by atoms with E-state index in [2.05, 4.69) is 18.1 Å². The Morgan fingerprint density at radius 2 is 1.78 bits per heavy atom. The van der Waals surface area contributed by atoms with Crippen molar-refractivity contribution >= 4 is 23.6 Å². The number of carbonyl (C=O) groups excluding carboxylic acids is 2. The van der Waals surface area contributed by atoms with Crippen LogP contribution in [0, 0.1) is 11.3 Å². The minimum Gasteiger partial charge on any atom is -0.490 e. The van der Waals surface area contributed by atoms with Gasteiger partial charge in [-0.25, -0.2) is 5.01 Å². The molecule has 7 nitrogen and oxygen atoms in total. The van der Waals surface area contributed by atoms with Crippen LogP contribution in [-0.4, -0.2) is 18.4 Å². The molecule has 0 spiro atoms. The molecule has 0 unspecified atom stereocenters. The molecule has 1 aliphatic rings. The van der Waals surface area contributed by atoms with Crippen LogP contribution in [0.1, 0.15) is 29.2 Å². The van der Waals surface area contributed by atoms with Gasteiger partial charge in [-0.05, 0) is 55.3 Å². The van der Waals surface area contributed by atoms with Gasteiger partial charge in [0.15, 0.2) is 11.5 Å². The van der Waals surface area contributed by atoms with Crippen molar-refractivity contribution in [3.8, 4) is 17.6 Å². The second kappa shape index (κ2) is 11.1. The first-order valence-corrected chi connectivity index (χ1v) is 11.5. The molecule has 2 amide bonds. The van der Waals surface area contributed by atoms with Crippen LogP contribution < -0.4 is 19.9 Å². The molecule has 0 radical (unpaired) electrons. The fourth-order valence-corrected chi connectivity index (χ4v) is 3.89. The summed E-state index contributed by atoms with van der Waals surface area (Å²) in [5.41, 5.74) is 5.89. The molecule has 1 saturated heterocycles. The zero-order chi connectivity index (χ0) is 25.5. The molecule has 0 aliphatic carbocycles. The third-order valence-electron chi connectivity index (χ3n) is 5.54. The van der Waals surface area contributed by atoms with Crippen molar-refractivity contribution in [3.63, 3.8) is 0 Å². The summed E-state index contributed by atoms with van der Waals surface area (Å²) >= 11 is 0. The molecular formula is C29H25N3O4. The molecule has 7 heteroatoms. The molecule has 180 valence electrons. The highest BCUT2D eigenvalue weighted by atomic mass is 16.5. The van der Waals surface area contributed by atoms with Gasteiger partial charge in [0, 0.05) is 11.1 Å². The summed E-state index contributed by atoms with van der Waals surface area (Å²) in [6.45, 7) is 6.27. The van der Waals surface area contributed by atoms with Crippen molar-refractivity contribution in [1.29, 1.82) is 5.26 Å². The lowest BCUT2D eigenvalue weighted by atomic mass is 10.0. The Morgan fingerprint density at radius 1 is 1.03 bits per heavy atom. The fraction of sp³-hybridized carbons (Fsp3) is 0.138. The Bertz CT molecular complexity index is 1370. The number of anilines is 1. The fourth-order valence-electron chi connectivity index (χ4n) is 3.89. The topological polar surface area (TPSA) is 91.7 Å². The molecular weight excluding hydrogens is 454 g/mol. The largest absolute Gasteiger partial charge is 0.490 e. The van der Waals surface area contributed by atoms with Crippen LogP contribution in [0.4, 0.5) is 5.69 Å². The summed E-state index contributed by atoms with van der Waals surface area (Å²) in [6.07, 6.45) is 3.76. The summed E-state index contributed by atoms with van der Waals surface area (Å²) < 4.78 is 12.0. The molecule has 1 aliphatic heterocycles. The Kier molecular flexibility index (Phi) is 7.47. The zero-order valence-electron chi connectivity index (χ0n) is 19.9. The van der Waals surface area contributed by atoms with Crippen molar-refractivity contribution in [2.24, 2.45) is 0 Å². The number of hydrazine groups is 1. The van der Waals surface area contributed by atoms with Gasteiger partial charge in [0.05, 0.1) is 23.9 Å². The Morgan fingerprint density at radius 3 is 2.50 bits per heavy atom. The lowest BCUT2D eigenvalue weighted by Gasteiger charge is -2.17. The van der Waals surface area contributed by atoms with Crippen molar-refractivity contribution in [2.75, 3.05) is 11.6 Å². The van der Waals surface area contributed by atoms with Gasteiger partial charge in [-0.15, -0.1) is 6.58 Å². The van der Waals surface area contributed by atoms with E-state index in [0.717, 1.165) is 11.1 Å². The monoisotopic (exact) mass is 479 g/mol. The average Bonchev–Trinajstić information content (AvgIpc) is 3.17. The van der Waals surface area contributed by atoms with Gasteiger partial charge in [0.25, 0.3) is 11.8 Å². The molecule has 0 atom stereocenters. The maximum Gasteiger partial charge on any atom is 0.282 e. The minimum atomic E-state index is -0.486. The number of allylic oxidation sites excluding steroid dienone is 1. The van der Waals surface area contributed by atoms with Crippen molar-refractivity contribution in [2.45, 2.75) is 20.0 Å². The summed E-state index contributed by atoms with van der Waals surface area (Å²) in [4.78, 5) is 25.6. The molecule has 1 N–H and O–H groups in total. The molecule has 4 rings (SSSR count). The normalized spacial score (nSPS) is 13.9. The number of nitrogens with zero attached hydrogens (tertiary/aromatic N) is 2. The minimum absolute atomic E-state index is 0.0162. The average molecular weight is 480 g/mol.